The second-order valence-corrected chi connectivity index (χ2v) is 8.79. The molecular weight excluding hydrogens is 458 g/mol. The summed E-state index contributed by atoms with van der Waals surface area (Å²) >= 11 is 0. The Labute approximate surface area is 208 Å². The molecule has 1 heterocycles. The van der Waals surface area contributed by atoms with Crippen LogP contribution in [0.25, 0.3) is 0 Å². The first-order valence-corrected chi connectivity index (χ1v) is 11.3. The average molecular weight is 486 g/mol. The summed E-state index contributed by atoms with van der Waals surface area (Å²) in [6.07, 6.45) is 0.556. The smallest absolute Gasteiger partial charge is 0.324 e. The molecule has 0 bridgehead atoms. The normalized spacial score (nSPS) is 18.1. The molecule has 0 saturated carbocycles. The minimum atomic E-state index is -1.24. The second-order valence-electron chi connectivity index (χ2n) is 8.79. The number of likely N-dealkylation sites (N-methyl/N-ethyl adjacent to an activating group) is 1. The number of amides is 3. The van der Waals surface area contributed by atoms with Gasteiger partial charge in [-0.1, -0.05) is 54.6 Å². The summed E-state index contributed by atoms with van der Waals surface area (Å²) in [7, 11) is 1.80. The third-order valence-electron chi connectivity index (χ3n) is 6.23. The number of benzene rings is 3. The van der Waals surface area contributed by atoms with E-state index in [1.54, 1.807) is 30.1 Å². The van der Waals surface area contributed by atoms with Crippen molar-refractivity contribution in [3.63, 3.8) is 0 Å². The molecule has 1 aliphatic heterocycles. The molecule has 0 saturated heterocycles. The molecule has 0 fully saturated rings. The van der Waals surface area contributed by atoms with Crippen molar-refractivity contribution in [1.82, 2.24) is 0 Å². The summed E-state index contributed by atoms with van der Waals surface area (Å²) in [6, 6.07) is 22.4. The molecule has 0 aromatic heterocycles. The average Bonchev–Trinajstić information content (AvgIpc) is 3.15. The van der Waals surface area contributed by atoms with E-state index in [-0.39, 0.29) is 18.9 Å². The molecule has 184 valence electrons. The zero-order valence-electron chi connectivity index (χ0n) is 19.8. The van der Waals surface area contributed by atoms with Crippen molar-refractivity contribution in [2.24, 2.45) is 16.5 Å². The molecule has 1 unspecified atom stereocenters. The van der Waals surface area contributed by atoms with Crippen molar-refractivity contribution in [1.29, 1.82) is 0 Å². The molecule has 3 aromatic carbocycles. The van der Waals surface area contributed by atoms with E-state index in [0.29, 0.717) is 12.1 Å². The van der Waals surface area contributed by atoms with Crippen molar-refractivity contribution >= 4 is 35.0 Å². The number of aliphatic imine (C=N–C) groups is 1. The number of hydrogen-bond acceptors (Lipinski definition) is 5. The number of carboxylic acids is 1. The van der Waals surface area contributed by atoms with Gasteiger partial charge < -0.3 is 26.8 Å². The lowest BCUT2D eigenvalue weighted by atomic mass is 9.98. The maximum Gasteiger partial charge on any atom is 0.324 e. The van der Waals surface area contributed by atoms with Crippen molar-refractivity contribution in [2.75, 3.05) is 23.8 Å². The van der Waals surface area contributed by atoms with Crippen LogP contribution in [0.5, 0.6) is 0 Å². The van der Waals surface area contributed by atoms with E-state index in [9.17, 15) is 14.4 Å². The van der Waals surface area contributed by atoms with Crippen LogP contribution in [0.4, 0.5) is 16.2 Å². The van der Waals surface area contributed by atoms with E-state index >= 15 is 0 Å². The first-order valence-electron chi connectivity index (χ1n) is 11.3. The van der Waals surface area contributed by atoms with Gasteiger partial charge in [0, 0.05) is 36.7 Å². The van der Waals surface area contributed by atoms with Crippen LogP contribution in [0, 0.1) is 0 Å². The molecule has 1 atom stereocenters. The maximum atomic E-state index is 12.0. The molecule has 36 heavy (non-hydrogen) atoms. The number of carboxylic acid groups (broad SMARTS) is 1. The minimum absolute atomic E-state index is 0.0124. The maximum absolute atomic E-state index is 12.0. The first kappa shape index (κ1) is 24.6. The summed E-state index contributed by atoms with van der Waals surface area (Å²) in [5.74, 6) is -1.00. The van der Waals surface area contributed by atoms with Crippen molar-refractivity contribution in [2.45, 2.75) is 18.4 Å². The van der Waals surface area contributed by atoms with Crippen molar-refractivity contribution < 1.29 is 19.5 Å². The Hall–Kier alpha value is -4.50. The molecule has 5 rings (SSSR count). The summed E-state index contributed by atoms with van der Waals surface area (Å²) in [5.41, 5.74) is 15.7. The van der Waals surface area contributed by atoms with Gasteiger partial charge in [-0.2, -0.15) is 0 Å². The van der Waals surface area contributed by atoms with Gasteiger partial charge in [-0.15, -0.1) is 0 Å². The highest BCUT2D eigenvalue weighted by molar-refractivity contribution is 6.19. The Kier molecular flexibility index (Phi) is 6.84. The summed E-state index contributed by atoms with van der Waals surface area (Å²) in [6.45, 7) is 0.190. The van der Waals surface area contributed by atoms with E-state index in [1.807, 2.05) is 54.6 Å². The van der Waals surface area contributed by atoms with Crippen LogP contribution in [0.2, 0.25) is 0 Å². The Morgan fingerprint density at radius 2 is 1.67 bits per heavy atom. The highest BCUT2D eigenvalue weighted by atomic mass is 16.4. The fourth-order valence-corrected chi connectivity index (χ4v) is 4.36. The quantitative estimate of drug-likeness (QED) is 0.449. The molecule has 2 aliphatic rings. The molecule has 9 nitrogen and oxygen atoms in total. The zero-order valence-corrected chi connectivity index (χ0v) is 19.8. The molecule has 9 heteroatoms. The van der Waals surface area contributed by atoms with Gasteiger partial charge in [0.05, 0.1) is 11.4 Å². The second kappa shape index (κ2) is 10.0. The summed E-state index contributed by atoms with van der Waals surface area (Å²) in [5, 5.41) is 11.5. The fraction of sp³-hybridized carbons (Fsp3) is 0.185. The number of nitrogens with two attached hydrogens (primary N) is 2. The fourth-order valence-electron chi connectivity index (χ4n) is 4.36. The third kappa shape index (κ3) is 5.11. The van der Waals surface area contributed by atoms with E-state index in [1.165, 1.54) is 0 Å². The van der Waals surface area contributed by atoms with Crippen LogP contribution in [-0.2, 0) is 22.4 Å². The van der Waals surface area contributed by atoms with Gasteiger partial charge in [0.25, 0.3) is 0 Å². The lowest BCUT2D eigenvalue weighted by Crippen LogP contribution is -2.48. The number of rotatable bonds is 3. The van der Waals surface area contributed by atoms with E-state index in [4.69, 9.17) is 16.6 Å². The largest absolute Gasteiger partial charge is 0.480 e. The molecule has 0 radical (unpaired) electrons. The summed E-state index contributed by atoms with van der Waals surface area (Å²) in [4.78, 5) is 39.9. The SMILES string of the molecule is CN1C(=O)CN=C(c2ccccc2)c2ccccc21.NC(=O)Nc1ccc2c(c1)CC(N)(C(=O)O)C2. The number of carbonyl (C=O) groups is 3. The monoisotopic (exact) mass is 485 g/mol. The molecule has 1 aliphatic carbocycles. The molecule has 0 spiro atoms. The van der Waals surface area contributed by atoms with Crippen molar-refractivity contribution in [3.8, 4) is 0 Å². The number of nitrogens with one attached hydrogen (secondary N) is 1. The van der Waals surface area contributed by atoms with Crippen LogP contribution in [0.15, 0.2) is 77.8 Å². The lowest BCUT2D eigenvalue weighted by Gasteiger charge is -2.17. The van der Waals surface area contributed by atoms with Gasteiger partial charge in [-0.3, -0.25) is 14.6 Å². The number of para-hydroxylation sites is 1. The number of carbonyl (C=O) groups excluding carboxylic acids is 2. The summed E-state index contributed by atoms with van der Waals surface area (Å²) < 4.78 is 0. The third-order valence-corrected chi connectivity index (χ3v) is 6.23. The Morgan fingerprint density at radius 3 is 2.36 bits per heavy atom. The van der Waals surface area contributed by atoms with E-state index in [2.05, 4.69) is 10.3 Å². The number of aliphatic carboxylic acids is 1. The number of primary amides is 1. The van der Waals surface area contributed by atoms with Gasteiger partial charge >= 0.3 is 12.0 Å². The van der Waals surface area contributed by atoms with Crippen LogP contribution in [0.3, 0.4) is 0 Å². The topological polar surface area (TPSA) is 151 Å². The van der Waals surface area contributed by atoms with E-state index < -0.39 is 17.5 Å². The van der Waals surface area contributed by atoms with Gasteiger partial charge in [0.15, 0.2) is 0 Å². The van der Waals surface area contributed by atoms with Crippen LogP contribution in [-0.4, -0.2) is 47.9 Å². The Morgan fingerprint density at radius 1 is 1.00 bits per heavy atom. The molecule has 3 amide bonds. The van der Waals surface area contributed by atoms with Gasteiger partial charge in [0.1, 0.15) is 12.1 Å². The van der Waals surface area contributed by atoms with Crippen LogP contribution in [0.1, 0.15) is 22.3 Å². The predicted octanol–water partition coefficient (Wildman–Crippen LogP) is 2.56. The predicted molar refractivity (Wildman–Crippen MR) is 138 cm³/mol. The minimum Gasteiger partial charge on any atom is -0.480 e. The van der Waals surface area contributed by atoms with Crippen LogP contribution < -0.4 is 21.7 Å². The Bertz CT molecular complexity index is 1360. The number of hydrogen-bond donors (Lipinski definition) is 4. The van der Waals surface area contributed by atoms with Gasteiger partial charge in [0.2, 0.25) is 5.91 Å². The van der Waals surface area contributed by atoms with E-state index in [0.717, 1.165) is 33.7 Å². The van der Waals surface area contributed by atoms with Gasteiger partial charge in [-0.25, -0.2) is 4.79 Å². The van der Waals surface area contributed by atoms with Gasteiger partial charge in [-0.05, 0) is 29.3 Å². The first-order chi connectivity index (χ1) is 17.2. The molecular formula is C27H27N5O4. The number of benzodiazepines with no additional fused rings is 1. The number of anilines is 2. The molecule has 6 N–H and O–H groups in total. The Balaban J connectivity index is 0.000000170. The highest BCUT2D eigenvalue weighted by Gasteiger charge is 2.40. The van der Waals surface area contributed by atoms with Crippen LogP contribution >= 0.6 is 0 Å². The number of fused-ring (bicyclic) bond motifs is 2. The molecule has 3 aromatic rings. The van der Waals surface area contributed by atoms with Crippen molar-refractivity contribution in [3.05, 3.63) is 95.1 Å². The number of nitrogens with zero attached hydrogens (tertiary/aromatic N) is 2. The zero-order chi connectivity index (χ0) is 25.9. The number of urea groups is 1. The standard InChI is InChI=1S/C16H14N2O.C11H13N3O3/c1-18-14-10-6-5-9-13(14)16(17-11-15(18)19)12-7-3-2-4-8-12;12-10(17)14-8-2-1-6-4-11(13,9(15)16)5-7(6)3-8/h2-10H,11H2,1H3;1-3H,4-5,13H2,(H,15,16)(H3,12,14,17). The highest BCUT2D eigenvalue weighted by Crippen LogP contribution is 2.31. The lowest BCUT2D eigenvalue weighted by molar-refractivity contribution is -0.142.